The fourth-order valence-corrected chi connectivity index (χ4v) is 3.96. The lowest BCUT2D eigenvalue weighted by Gasteiger charge is -2.29. The molecule has 2 heterocycles. The van der Waals surface area contributed by atoms with E-state index in [1.54, 1.807) is 4.90 Å². The molecule has 0 unspecified atom stereocenters. The number of Topliss-reactive ketones (excluding diaryl/α,β-unsaturated/α-hetero) is 1. The molecule has 32 heavy (non-hydrogen) atoms. The lowest BCUT2D eigenvalue weighted by atomic mass is 10.00. The monoisotopic (exact) mass is 444 g/mol. The van der Waals surface area contributed by atoms with Gasteiger partial charge in [0.05, 0.1) is 23.8 Å². The molecule has 0 saturated heterocycles. The quantitative estimate of drug-likeness (QED) is 0.454. The highest BCUT2D eigenvalue weighted by Crippen LogP contribution is 2.30. The van der Waals surface area contributed by atoms with Crippen molar-refractivity contribution in [3.05, 3.63) is 70.9 Å². The Labute approximate surface area is 181 Å². The summed E-state index contributed by atoms with van der Waals surface area (Å²) in [6, 6.07) is 11.6. The number of alkyl halides is 3. The first-order valence-electron chi connectivity index (χ1n) is 9.86. The van der Waals surface area contributed by atoms with Gasteiger partial charge in [-0.15, -0.1) is 0 Å². The van der Waals surface area contributed by atoms with E-state index in [0.29, 0.717) is 19.5 Å². The van der Waals surface area contributed by atoms with Crippen LogP contribution in [0.3, 0.4) is 0 Å². The number of aromatic nitrogens is 1. The Morgan fingerprint density at radius 1 is 1.06 bits per heavy atom. The van der Waals surface area contributed by atoms with Gasteiger partial charge in [-0.25, -0.2) is 4.79 Å². The zero-order valence-electron chi connectivity index (χ0n) is 17.1. The van der Waals surface area contributed by atoms with Crippen molar-refractivity contribution < 1.29 is 32.3 Å². The standard InChI is InChI=1S/C23H19F3N2O4/c1-32-22(31)15-6-7-17-18(21(30)23(24,25)26)12-28(19(17)10-15)13-20(29)27-9-8-14-4-2-3-5-16(14)11-27/h2-7,10,12H,8-9,11,13H2,1H3. The number of benzene rings is 2. The van der Waals surface area contributed by atoms with E-state index in [1.165, 1.54) is 29.9 Å². The van der Waals surface area contributed by atoms with Crippen LogP contribution >= 0.6 is 0 Å². The van der Waals surface area contributed by atoms with Crippen molar-refractivity contribution >= 4 is 28.6 Å². The second-order valence-corrected chi connectivity index (χ2v) is 7.56. The summed E-state index contributed by atoms with van der Waals surface area (Å²) in [6.45, 7) is 0.612. The molecule has 0 aliphatic carbocycles. The van der Waals surface area contributed by atoms with Crippen LogP contribution in [0.25, 0.3) is 10.9 Å². The van der Waals surface area contributed by atoms with Gasteiger partial charge in [-0.2, -0.15) is 13.2 Å². The molecule has 3 aromatic rings. The number of rotatable bonds is 4. The topological polar surface area (TPSA) is 68.6 Å². The molecule has 0 atom stereocenters. The molecule has 1 aliphatic heterocycles. The Balaban J connectivity index is 1.70. The zero-order chi connectivity index (χ0) is 23.0. The van der Waals surface area contributed by atoms with Crippen molar-refractivity contribution in [2.75, 3.05) is 13.7 Å². The molecule has 166 valence electrons. The molecule has 0 bridgehead atoms. The maximum absolute atomic E-state index is 13.1. The maximum Gasteiger partial charge on any atom is 0.454 e. The van der Waals surface area contributed by atoms with Crippen LogP contribution in [0.4, 0.5) is 13.2 Å². The number of esters is 1. The number of halogens is 3. The SMILES string of the molecule is COC(=O)c1ccc2c(C(=O)C(F)(F)F)cn(CC(=O)N3CCc4ccccc4C3)c2c1. The molecular weight excluding hydrogens is 425 g/mol. The van der Waals surface area contributed by atoms with Gasteiger partial charge < -0.3 is 14.2 Å². The number of ether oxygens (including phenoxy) is 1. The third-order valence-corrected chi connectivity index (χ3v) is 5.59. The zero-order valence-corrected chi connectivity index (χ0v) is 17.1. The predicted molar refractivity (Wildman–Crippen MR) is 109 cm³/mol. The van der Waals surface area contributed by atoms with E-state index in [-0.39, 0.29) is 28.9 Å². The van der Waals surface area contributed by atoms with Crippen molar-refractivity contribution in [1.82, 2.24) is 9.47 Å². The molecule has 4 rings (SSSR count). The Morgan fingerprint density at radius 2 is 1.78 bits per heavy atom. The number of hydrogen-bond donors (Lipinski definition) is 0. The Bertz CT molecular complexity index is 1230. The summed E-state index contributed by atoms with van der Waals surface area (Å²) in [7, 11) is 1.18. The highest BCUT2D eigenvalue weighted by atomic mass is 19.4. The van der Waals surface area contributed by atoms with Crippen LogP contribution in [0.1, 0.15) is 31.8 Å². The number of ketones is 1. The minimum Gasteiger partial charge on any atom is -0.465 e. The minimum atomic E-state index is -5.07. The van der Waals surface area contributed by atoms with Crippen molar-refractivity contribution in [3.63, 3.8) is 0 Å². The van der Waals surface area contributed by atoms with Crippen LogP contribution in [0.15, 0.2) is 48.7 Å². The number of carbonyl (C=O) groups excluding carboxylic acids is 3. The van der Waals surface area contributed by atoms with Gasteiger partial charge in [-0.1, -0.05) is 30.3 Å². The molecule has 0 spiro atoms. The first kappa shape index (κ1) is 21.6. The highest BCUT2D eigenvalue weighted by molar-refractivity contribution is 6.11. The van der Waals surface area contributed by atoms with E-state index >= 15 is 0 Å². The molecule has 1 amide bonds. The first-order chi connectivity index (χ1) is 15.2. The second-order valence-electron chi connectivity index (χ2n) is 7.56. The third-order valence-electron chi connectivity index (χ3n) is 5.59. The number of hydrogen-bond acceptors (Lipinski definition) is 4. The van der Waals surface area contributed by atoms with Gasteiger partial charge in [0.25, 0.3) is 5.78 Å². The molecule has 1 aliphatic rings. The number of amides is 1. The Morgan fingerprint density at radius 3 is 2.47 bits per heavy atom. The highest BCUT2D eigenvalue weighted by Gasteiger charge is 2.41. The second kappa shape index (κ2) is 8.14. The third kappa shape index (κ3) is 3.98. The summed E-state index contributed by atoms with van der Waals surface area (Å²) >= 11 is 0. The van der Waals surface area contributed by atoms with Crippen molar-refractivity contribution in [2.45, 2.75) is 25.7 Å². The van der Waals surface area contributed by atoms with Crippen molar-refractivity contribution in [1.29, 1.82) is 0 Å². The van der Waals surface area contributed by atoms with Gasteiger partial charge in [-0.3, -0.25) is 9.59 Å². The van der Waals surface area contributed by atoms with Gasteiger partial charge in [-0.05, 0) is 29.7 Å². The molecule has 1 aromatic heterocycles. The largest absolute Gasteiger partial charge is 0.465 e. The van der Waals surface area contributed by atoms with Crippen LogP contribution in [0, 0.1) is 0 Å². The molecular formula is C23H19F3N2O4. The van der Waals surface area contributed by atoms with E-state index in [9.17, 15) is 27.6 Å². The fraction of sp³-hybridized carbons (Fsp3) is 0.261. The van der Waals surface area contributed by atoms with Gasteiger partial charge in [0.1, 0.15) is 6.54 Å². The Kier molecular flexibility index (Phi) is 5.50. The van der Waals surface area contributed by atoms with Gasteiger partial charge in [0.2, 0.25) is 5.91 Å². The van der Waals surface area contributed by atoms with Crippen LogP contribution in [-0.4, -0.2) is 47.0 Å². The van der Waals surface area contributed by atoms with Crippen LogP contribution in [0.2, 0.25) is 0 Å². The van der Waals surface area contributed by atoms with Crippen molar-refractivity contribution in [3.8, 4) is 0 Å². The van der Waals surface area contributed by atoms with Crippen LogP contribution in [-0.2, 0) is 29.0 Å². The summed E-state index contributed by atoms with van der Waals surface area (Å²) in [6.07, 6.45) is -3.36. The lowest BCUT2D eigenvalue weighted by molar-refractivity contribution is -0.132. The van der Waals surface area contributed by atoms with E-state index < -0.39 is 23.5 Å². The van der Waals surface area contributed by atoms with Crippen LogP contribution in [0.5, 0.6) is 0 Å². The fourth-order valence-electron chi connectivity index (χ4n) is 3.96. The maximum atomic E-state index is 13.1. The normalized spacial score (nSPS) is 13.7. The number of carbonyl (C=O) groups is 3. The van der Waals surface area contributed by atoms with Crippen LogP contribution < -0.4 is 0 Å². The van der Waals surface area contributed by atoms with Gasteiger partial charge in [0, 0.05) is 24.7 Å². The summed E-state index contributed by atoms with van der Waals surface area (Å²) in [5, 5.41) is 0.0109. The molecule has 6 nitrogen and oxygen atoms in total. The Hall–Kier alpha value is -3.62. The number of fused-ring (bicyclic) bond motifs is 2. The average molecular weight is 444 g/mol. The number of methoxy groups -OCH3 is 1. The van der Waals surface area contributed by atoms with E-state index in [2.05, 4.69) is 4.74 Å². The molecule has 0 fully saturated rings. The minimum absolute atomic E-state index is 0.0109. The van der Waals surface area contributed by atoms with Gasteiger partial charge in [0.15, 0.2) is 0 Å². The summed E-state index contributed by atoms with van der Waals surface area (Å²) in [5.74, 6) is -2.99. The molecule has 0 N–H and O–H groups in total. The van der Waals surface area contributed by atoms with E-state index in [1.807, 2.05) is 24.3 Å². The average Bonchev–Trinajstić information content (AvgIpc) is 3.14. The van der Waals surface area contributed by atoms with Crippen molar-refractivity contribution in [2.24, 2.45) is 0 Å². The summed E-state index contributed by atoms with van der Waals surface area (Å²) in [4.78, 5) is 38.5. The smallest absolute Gasteiger partial charge is 0.454 e. The predicted octanol–water partition coefficient (Wildman–Crippen LogP) is 3.76. The summed E-state index contributed by atoms with van der Waals surface area (Å²) < 4.78 is 45.3. The molecule has 0 saturated carbocycles. The number of nitrogens with zero attached hydrogens (tertiary/aromatic N) is 2. The van der Waals surface area contributed by atoms with Gasteiger partial charge >= 0.3 is 12.1 Å². The molecule has 0 radical (unpaired) electrons. The molecule has 2 aromatic carbocycles. The summed E-state index contributed by atoms with van der Waals surface area (Å²) in [5.41, 5.74) is 1.88. The molecule has 9 heteroatoms. The lowest BCUT2D eigenvalue weighted by Crippen LogP contribution is -2.37. The van der Waals surface area contributed by atoms with E-state index in [4.69, 9.17) is 0 Å². The van der Waals surface area contributed by atoms with E-state index in [0.717, 1.165) is 17.3 Å². The first-order valence-corrected chi connectivity index (χ1v) is 9.86.